The number of carbonyl (C=O) groups excluding carboxylic acids is 1. The van der Waals surface area contributed by atoms with E-state index in [1.165, 1.54) is 0 Å². The van der Waals surface area contributed by atoms with Crippen molar-refractivity contribution in [1.29, 1.82) is 0 Å². The van der Waals surface area contributed by atoms with Gasteiger partial charge in [0.05, 0.1) is 5.92 Å². The molecule has 1 aliphatic rings. The first-order valence-corrected chi connectivity index (χ1v) is 7.66. The molecule has 1 fully saturated rings. The lowest BCUT2D eigenvalue weighted by atomic mass is 9.96. The Balaban J connectivity index is 1.95. The van der Waals surface area contributed by atoms with Gasteiger partial charge in [0.1, 0.15) is 11.9 Å². The Morgan fingerprint density at radius 2 is 2.29 bits per heavy atom. The fourth-order valence-electron chi connectivity index (χ4n) is 2.41. The Morgan fingerprint density at radius 3 is 2.90 bits per heavy atom. The molecular weight excluding hydrogens is 338 g/mol. The van der Waals surface area contributed by atoms with Gasteiger partial charge in [-0.25, -0.2) is 4.98 Å². The number of hydrogen-bond donors (Lipinski definition) is 2. The van der Waals surface area contributed by atoms with Gasteiger partial charge in [-0.05, 0) is 54.4 Å². The summed E-state index contributed by atoms with van der Waals surface area (Å²) in [5.41, 5.74) is 0. The van der Waals surface area contributed by atoms with Crippen LogP contribution in [-0.2, 0) is 9.59 Å². The lowest BCUT2D eigenvalue weighted by Crippen LogP contribution is -2.47. The number of carboxylic acids is 1. The van der Waals surface area contributed by atoms with Crippen LogP contribution >= 0.6 is 15.9 Å². The molecule has 7 heteroatoms. The zero-order valence-electron chi connectivity index (χ0n) is 11.8. The first kappa shape index (κ1) is 15.9. The molecule has 1 aromatic heterocycles. The average molecular weight is 356 g/mol. The highest BCUT2D eigenvalue weighted by Gasteiger charge is 2.30. The summed E-state index contributed by atoms with van der Waals surface area (Å²) in [4.78, 5) is 29.2. The number of rotatable bonds is 4. The van der Waals surface area contributed by atoms with Crippen LogP contribution in [0.4, 0.5) is 5.82 Å². The van der Waals surface area contributed by atoms with Gasteiger partial charge in [-0.1, -0.05) is 0 Å². The molecule has 0 radical (unpaired) electrons. The van der Waals surface area contributed by atoms with Gasteiger partial charge in [0, 0.05) is 17.2 Å². The Bertz CT molecular complexity index is 521. The number of carbonyl (C=O) groups is 2. The van der Waals surface area contributed by atoms with E-state index in [1.54, 1.807) is 19.2 Å². The van der Waals surface area contributed by atoms with Crippen LogP contribution < -0.4 is 5.32 Å². The summed E-state index contributed by atoms with van der Waals surface area (Å²) in [7, 11) is 0. The molecule has 2 N–H and O–H groups in total. The van der Waals surface area contributed by atoms with E-state index in [2.05, 4.69) is 26.2 Å². The third kappa shape index (κ3) is 4.25. The smallest absolute Gasteiger partial charge is 0.320 e. The lowest BCUT2D eigenvalue weighted by Gasteiger charge is -2.34. The van der Waals surface area contributed by atoms with Crippen LogP contribution in [-0.4, -0.2) is 46.0 Å². The summed E-state index contributed by atoms with van der Waals surface area (Å²) >= 11 is 3.29. The third-order valence-corrected chi connectivity index (χ3v) is 4.18. The number of likely N-dealkylation sites (tertiary alicyclic amines) is 1. The van der Waals surface area contributed by atoms with E-state index in [0.717, 1.165) is 17.3 Å². The Morgan fingerprint density at radius 1 is 1.52 bits per heavy atom. The van der Waals surface area contributed by atoms with E-state index in [9.17, 15) is 9.59 Å². The molecule has 21 heavy (non-hydrogen) atoms. The van der Waals surface area contributed by atoms with E-state index >= 15 is 0 Å². The van der Waals surface area contributed by atoms with Crippen molar-refractivity contribution in [2.45, 2.75) is 25.8 Å². The Labute approximate surface area is 131 Å². The van der Waals surface area contributed by atoms with E-state index in [4.69, 9.17) is 5.11 Å². The molecule has 1 aromatic rings. The fourth-order valence-corrected chi connectivity index (χ4v) is 2.64. The van der Waals surface area contributed by atoms with Crippen LogP contribution in [0.2, 0.25) is 0 Å². The van der Waals surface area contributed by atoms with Crippen LogP contribution in [0.5, 0.6) is 0 Å². The van der Waals surface area contributed by atoms with Gasteiger partial charge in [0.2, 0.25) is 5.91 Å². The maximum atomic E-state index is 12.3. The Hall–Kier alpha value is -1.47. The van der Waals surface area contributed by atoms with Crippen molar-refractivity contribution in [1.82, 2.24) is 9.88 Å². The highest BCUT2D eigenvalue weighted by Crippen LogP contribution is 2.20. The topological polar surface area (TPSA) is 82.5 Å². The predicted molar refractivity (Wildman–Crippen MR) is 82.0 cm³/mol. The van der Waals surface area contributed by atoms with Gasteiger partial charge < -0.3 is 10.4 Å². The molecule has 2 rings (SSSR count). The summed E-state index contributed by atoms with van der Waals surface area (Å²) in [6.07, 6.45) is 3.21. The minimum Gasteiger partial charge on any atom is -0.480 e. The number of pyridine rings is 1. The number of amides is 1. The van der Waals surface area contributed by atoms with Crippen molar-refractivity contribution >= 4 is 33.6 Å². The molecule has 2 atom stereocenters. The summed E-state index contributed by atoms with van der Waals surface area (Å²) in [5.74, 6) is -0.657. The zero-order chi connectivity index (χ0) is 15.4. The molecule has 0 bridgehead atoms. The van der Waals surface area contributed by atoms with Crippen LogP contribution in [0, 0.1) is 5.92 Å². The predicted octanol–water partition coefficient (Wildman–Crippen LogP) is 1.97. The zero-order valence-corrected chi connectivity index (χ0v) is 13.3. The molecule has 1 amide bonds. The van der Waals surface area contributed by atoms with Crippen LogP contribution in [0.25, 0.3) is 0 Å². The second-order valence-electron chi connectivity index (χ2n) is 5.20. The highest BCUT2D eigenvalue weighted by atomic mass is 79.9. The van der Waals surface area contributed by atoms with Crippen molar-refractivity contribution in [2.75, 3.05) is 18.4 Å². The number of nitrogens with zero attached hydrogens (tertiary/aromatic N) is 2. The molecule has 0 aromatic carbocycles. The summed E-state index contributed by atoms with van der Waals surface area (Å²) in [6.45, 7) is 2.84. The number of aliphatic carboxylic acids is 1. The molecule has 1 saturated heterocycles. The van der Waals surface area contributed by atoms with Gasteiger partial charge in [-0.2, -0.15) is 0 Å². The number of aromatic nitrogens is 1. The van der Waals surface area contributed by atoms with E-state index < -0.39 is 12.0 Å². The van der Waals surface area contributed by atoms with Gasteiger partial charge >= 0.3 is 5.97 Å². The molecule has 0 aliphatic carbocycles. The number of carboxylic acid groups (broad SMARTS) is 1. The van der Waals surface area contributed by atoms with Crippen molar-refractivity contribution in [3.05, 3.63) is 22.8 Å². The molecule has 1 aliphatic heterocycles. The van der Waals surface area contributed by atoms with Crippen molar-refractivity contribution in [3.63, 3.8) is 0 Å². The van der Waals surface area contributed by atoms with E-state index in [0.29, 0.717) is 18.9 Å². The van der Waals surface area contributed by atoms with Gasteiger partial charge in [-0.15, -0.1) is 0 Å². The number of hydrogen-bond acceptors (Lipinski definition) is 4. The van der Waals surface area contributed by atoms with Crippen molar-refractivity contribution in [2.24, 2.45) is 5.92 Å². The monoisotopic (exact) mass is 355 g/mol. The average Bonchev–Trinajstić information content (AvgIpc) is 2.48. The van der Waals surface area contributed by atoms with Crippen LogP contribution in [0.3, 0.4) is 0 Å². The largest absolute Gasteiger partial charge is 0.480 e. The van der Waals surface area contributed by atoms with Gasteiger partial charge in [0.15, 0.2) is 0 Å². The summed E-state index contributed by atoms with van der Waals surface area (Å²) < 4.78 is 0.847. The van der Waals surface area contributed by atoms with Crippen molar-refractivity contribution < 1.29 is 14.7 Å². The number of anilines is 1. The van der Waals surface area contributed by atoms with E-state index in [-0.39, 0.29) is 11.8 Å². The SMILES string of the molecule is C[C@H](C(=O)O)N1CCC[C@@H](C(=O)Nc2ccc(Br)cn2)C1. The molecule has 0 saturated carbocycles. The third-order valence-electron chi connectivity index (χ3n) is 3.71. The van der Waals surface area contributed by atoms with E-state index in [1.807, 2.05) is 11.0 Å². The quantitative estimate of drug-likeness (QED) is 0.862. The normalized spacial score (nSPS) is 20.8. The first-order valence-electron chi connectivity index (χ1n) is 6.86. The minimum absolute atomic E-state index is 0.105. The standard InChI is InChI=1S/C14H18BrN3O3/c1-9(14(20)21)18-6-2-3-10(8-18)13(19)17-12-5-4-11(15)7-16-12/h4-5,7,9-10H,2-3,6,8H2,1H3,(H,20,21)(H,16,17,19)/t9-,10-/m1/s1. The maximum Gasteiger partial charge on any atom is 0.320 e. The van der Waals surface area contributed by atoms with Crippen LogP contribution in [0.1, 0.15) is 19.8 Å². The second kappa shape index (κ2) is 7.00. The van der Waals surface area contributed by atoms with Crippen LogP contribution in [0.15, 0.2) is 22.8 Å². The van der Waals surface area contributed by atoms with Gasteiger partial charge in [-0.3, -0.25) is 14.5 Å². The lowest BCUT2D eigenvalue weighted by molar-refractivity contribution is -0.144. The second-order valence-corrected chi connectivity index (χ2v) is 6.11. The van der Waals surface area contributed by atoms with Crippen molar-refractivity contribution in [3.8, 4) is 0 Å². The Kier molecular flexibility index (Phi) is 5.30. The molecule has 0 unspecified atom stereocenters. The first-order chi connectivity index (χ1) is 9.97. The number of halogens is 1. The number of nitrogens with one attached hydrogen (secondary N) is 1. The fraction of sp³-hybridized carbons (Fsp3) is 0.500. The summed E-state index contributed by atoms with van der Waals surface area (Å²) in [5, 5.41) is 11.8. The molecule has 0 spiro atoms. The molecule has 6 nitrogen and oxygen atoms in total. The van der Waals surface area contributed by atoms with Gasteiger partial charge in [0.25, 0.3) is 0 Å². The maximum absolute atomic E-state index is 12.3. The molecule has 114 valence electrons. The minimum atomic E-state index is -0.856. The molecular formula is C14H18BrN3O3. The number of piperidine rings is 1. The highest BCUT2D eigenvalue weighted by molar-refractivity contribution is 9.10. The molecule has 2 heterocycles. The summed E-state index contributed by atoms with van der Waals surface area (Å²) in [6, 6.07) is 2.97.